The van der Waals surface area contributed by atoms with E-state index in [1.165, 1.54) is 18.2 Å². The molecule has 0 bridgehead atoms. The van der Waals surface area contributed by atoms with Crippen LogP contribution in [0.1, 0.15) is 29.2 Å². The van der Waals surface area contributed by atoms with Crippen LogP contribution in [0.2, 0.25) is 0 Å². The van der Waals surface area contributed by atoms with Crippen LogP contribution in [0.3, 0.4) is 0 Å². The van der Waals surface area contributed by atoms with E-state index >= 15 is 8.78 Å². The molecule has 1 N–H and O–H groups in total. The quantitative estimate of drug-likeness (QED) is 0.279. The largest absolute Gasteiger partial charge is 0.416 e. The number of ether oxygens (including phenoxy) is 2. The lowest BCUT2D eigenvalue weighted by Crippen LogP contribution is -2.72. The molecule has 4 amide bonds. The smallest absolute Gasteiger partial charge is 0.378 e. The summed E-state index contributed by atoms with van der Waals surface area (Å²) < 4.78 is 114. The van der Waals surface area contributed by atoms with Crippen LogP contribution in [0.15, 0.2) is 48.8 Å². The maximum Gasteiger partial charge on any atom is 0.416 e. The molecule has 18 heteroatoms. The van der Waals surface area contributed by atoms with Gasteiger partial charge in [0.1, 0.15) is 6.54 Å². The predicted molar refractivity (Wildman–Crippen MR) is 160 cm³/mol. The highest BCUT2D eigenvalue weighted by Crippen LogP contribution is 2.54. The molecule has 0 unspecified atom stereocenters. The zero-order chi connectivity index (χ0) is 36.1. The Morgan fingerprint density at radius 3 is 2.33 bits per heavy atom. The van der Waals surface area contributed by atoms with Gasteiger partial charge in [0.15, 0.2) is 22.7 Å². The number of rotatable bonds is 8. The number of amides is 4. The van der Waals surface area contributed by atoms with E-state index in [4.69, 9.17) is 9.47 Å². The first-order valence-corrected chi connectivity index (χ1v) is 16.0. The molecule has 1 spiro atoms. The molecule has 5 heterocycles. The van der Waals surface area contributed by atoms with Crippen molar-refractivity contribution < 1.29 is 54.6 Å². The molecule has 4 saturated heterocycles. The number of benzene rings is 2. The van der Waals surface area contributed by atoms with Gasteiger partial charge in [-0.05, 0) is 34.9 Å². The van der Waals surface area contributed by atoms with Crippen molar-refractivity contribution in [1.29, 1.82) is 0 Å². The standard InChI is InChI=1S/C33H29F7N6O5/c34-25-4-1-18(5-26(25)35)8-45(30(16-51-17-30)33(38,39)40)27(47)12-44-28(48)31(42-29(44)49)15-32(36,37)24-6-19(2-3-23(24)31)20-7-41-46(9-20)21-10-43(11-21)22-13-50-14-22/h1-7,9,21-22H,8,10-17H2,(H,42,49)/t31-/m0/s1. The van der Waals surface area contributed by atoms with Crippen LogP contribution >= 0.6 is 0 Å². The maximum atomic E-state index is 15.7. The van der Waals surface area contributed by atoms with Crippen molar-refractivity contribution >= 4 is 17.8 Å². The van der Waals surface area contributed by atoms with Crippen LogP contribution in [-0.2, 0) is 37.1 Å². The first kappa shape index (κ1) is 33.6. The Morgan fingerprint density at radius 2 is 1.71 bits per heavy atom. The number of likely N-dealkylation sites (tertiary alicyclic amines) is 1. The van der Waals surface area contributed by atoms with E-state index in [2.05, 4.69) is 15.3 Å². The van der Waals surface area contributed by atoms with E-state index in [0.29, 0.717) is 52.3 Å². The van der Waals surface area contributed by atoms with Crippen molar-refractivity contribution in [2.45, 2.75) is 48.2 Å². The molecule has 51 heavy (non-hydrogen) atoms. The number of imide groups is 1. The third-order valence-corrected chi connectivity index (χ3v) is 10.5. The Kier molecular flexibility index (Phi) is 7.56. The van der Waals surface area contributed by atoms with E-state index in [0.717, 1.165) is 19.2 Å². The van der Waals surface area contributed by atoms with E-state index in [1.54, 1.807) is 17.1 Å². The molecule has 1 aliphatic carbocycles. The number of nitrogens with one attached hydrogen (secondary N) is 1. The minimum Gasteiger partial charge on any atom is -0.378 e. The van der Waals surface area contributed by atoms with Crippen LogP contribution in [0.4, 0.5) is 35.5 Å². The summed E-state index contributed by atoms with van der Waals surface area (Å²) in [5, 5.41) is 6.69. The number of alkyl halides is 5. The van der Waals surface area contributed by atoms with Crippen LogP contribution in [0.25, 0.3) is 11.1 Å². The van der Waals surface area contributed by atoms with Gasteiger partial charge in [0.25, 0.3) is 11.8 Å². The fraction of sp³-hybridized carbons (Fsp3) is 0.455. The molecule has 8 rings (SSSR count). The molecule has 270 valence electrons. The van der Waals surface area contributed by atoms with Crippen molar-refractivity contribution in [3.8, 4) is 11.1 Å². The highest BCUT2D eigenvalue weighted by Gasteiger charge is 2.67. The SMILES string of the molecule is O=C1N[C@]2(CC(F)(F)c3cc(-c4cnn(C5CN(C6COC6)C5)c4)ccc32)C(=O)N1CC(=O)N(Cc1ccc(F)c(F)c1)C1(C(F)(F)F)COC1. The molecular weight excluding hydrogens is 693 g/mol. The number of hydrogen-bond acceptors (Lipinski definition) is 7. The van der Waals surface area contributed by atoms with Gasteiger partial charge in [-0.2, -0.15) is 18.3 Å². The average Bonchev–Trinajstić information content (AvgIpc) is 3.63. The van der Waals surface area contributed by atoms with Gasteiger partial charge in [0.2, 0.25) is 5.91 Å². The molecule has 4 fully saturated rings. The first-order chi connectivity index (χ1) is 24.1. The highest BCUT2D eigenvalue weighted by atomic mass is 19.4. The van der Waals surface area contributed by atoms with E-state index in [-0.39, 0.29) is 17.2 Å². The number of urea groups is 1. The van der Waals surface area contributed by atoms with Crippen molar-refractivity contribution in [3.63, 3.8) is 0 Å². The van der Waals surface area contributed by atoms with E-state index in [9.17, 15) is 36.3 Å². The Bertz CT molecular complexity index is 1940. The highest BCUT2D eigenvalue weighted by molar-refractivity contribution is 6.10. The summed E-state index contributed by atoms with van der Waals surface area (Å²) in [6.45, 7) is -1.21. The first-order valence-electron chi connectivity index (χ1n) is 16.0. The summed E-state index contributed by atoms with van der Waals surface area (Å²) in [6, 6.07) is 5.50. The van der Waals surface area contributed by atoms with Crippen LogP contribution in [-0.4, -0.2) is 106 Å². The number of nitrogens with zero attached hydrogens (tertiary/aromatic N) is 5. The molecule has 0 radical (unpaired) electrons. The van der Waals surface area contributed by atoms with Gasteiger partial charge < -0.3 is 19.7 Å². The second-order valence-corrected chi connectivity index (χ2v) is 13.6. The van der Waals surface area contributed by atoms with Gasteiger partial charge >= 0.3 is 12.2 Å². The van der Waals surface area contributed by atoms with Gasteiger partial charge in [-0.1, -0.05) is 18.2 Å². The van der Waals surface area contributed by atoms with E-state index in [1.807, 2.05) is 0 Å². The number of carbonyl (C=O) groups excluding carboxylic acids is 3. The molecular formula is C33H29F7N6O5. The zero-order valence-corrected chi connectivity index (χ0v) is 26.6. The minimum absolute atomic E-state index is 0.106. The second-order valence-electron chi connectivity index (χ2n) is 13.6. The summed E-state index contributed by atoms with van der Waals surface area (Å²) in [5.74, 6) is -8.90. The number of carbonyl (C=O) groups is 3. The normalized spacial score (nSPS) is 24.3. The van der Waals surface area contributed by atoms with Crippen LogP contribution < -0.4 is 5.32 Å². The Balaban J connectivity index is 1.04. The fourth-order valence-electron chi connectivity index (χ4n) is 7.36. The average molecular weight is 723 g/mol. The number of halogens is 7. The van der Waals surface area contributed by atoms with Crippen LogP contribution in [0, 0.1) is 11.6 Å². The second kappa shape index (κ2) is 11.5. The molecule has 1 aromatic heterocycles. The minimum atomic E-state index is -5.07. The predicted octanol–water partition coefficient (Wildman–Crippen LogP) is 3.69. The Hall–Kier alpha value is -4.55. The summed E-state index contributed by atoms with van der Waals surface area (Å²) in [7, 11) is 0. The van der Waals surface area contributed by atoms with Gasteiger partial charge in [-0.25, -0.2) is 22.4 Å². The monoisotopic (exact) mass is 722 g/mol. The molecule has 4 aliphatic heterocycles. The zero-order valence-electron chi connectivity index (χ0n) is 26.6. The summed E-state index contributed by atoms with van der Waals surface area (Å²) >= 11 is 0. The Labute approximate surface area is 284 Å². The van der Waals surface area contributed by atoms with Gasteiger partial charge in [0.05, 0.1) is 51.1 Å². The maximum absolute atomic E-state index is 15.7. The number of aromatic nitrogens is 2. The summed E-state index contributed by atoms with van der Waals surface area (Å²) in [4.78, 5) is 43.5. The Morgan fingerprint density at radius 1 is 0.961 bits per heavy atom. The lowest BCUT2D eigenvalue weighted by molar-refractivity contribution is -0.302. The third kappa shape index (κ3) is 5.20. The van der Waals surface area contributed by atoms with Crippen molar-refractivity contribution in [2.24, 2.45) is 0 Å². The summed E-state index contributed by atoms with van der Waals surface area (Å²) in [6.07, 6.45) is -2.97. The topological polar surface area (TPSA) is 109 Å². The molecule has 5 aliphatic rings. The number of fused-ring (bicyclic) bond motifs is 2. The van der Waals surface area contributed by atoms with Gasteiger partial charge in [0, 0.05) is 37.0 Å². The van der Waals surface area contributed by atoms with Crippen molar-refractivity contribution in [2.75, 3.05) is 46.1 Å². The fourth-order valence-corrected chi connectivity index (χ4v) is 7.36. The van der Waals surface area contributed by atoms with Crippen LogP contribution in [0.5, 0.6) is 0 Å². The van der Waals surface area contributed by atoms with E-state index < -0.39 is 90.9 Å². The lowest BCUT2D eigenvalue weighted by Gasteiger charge is -2.50. The molecule has 1 atom stereocenters. The summed E-state index contributed by atoms with van der Waals surface area (Å²) in [5.41, 5.74) is -5.23. The molecule has 3 aromatic rings. The lowest BCUT2D eigenvalue weighted by atomic mass is 9.90. The van der Waals surface area contributed by atoms with Gasteiger partial charge in [-0.15, -0.1) is 0 Å². The molecule has 0 saturated carbocycles. The molecule has 11 nitrogen and oxygen atoms in total. The van der Waals surface area contributed by atoms with Gasteiger partial charge in [-0.3, -0.25) is 24.1 Å². The third-order valence-electron chi connectivity index (χ3n) is 10.5. The van der Waals surface area contributed by atoms with Crippen molar-refractivity contribution in [3.05, 3.63) is 77.1 Å². The number of hydrogen-bond donors (Lipinski definition) is 1. The molecule has 2 aromatic carbocycles. The van der Waals surface area contributed by atoms with Crippen molar-refractivity contribution in [1.82, 2.24) is 29.8 Å².